The molecule has 1 fully saturated rings. The van der Waals surface area contributed by atoms with Crippen molar-refractivity contribution in [1.82, 2.24) is 9.21 Å². The number of rotatable bonds is 7. The Morgan fingerprint density at radius 1 is 1.23 bits per heavy atom. The van der Waals surface area contributed by atoms with E-state index in [2.05, 4.69) is 28.6 Å². The van der Waals surface area contributed by atoms with Gasteiger partial charge in [0.05, 0.1) is 25.2 Å². The van der Waals surface area contributed by atoms with Crippen molar-refractivity contribution in [3.05, 3.63) is 64.9 Å². The molecule has 2 aromatic rings. The van der Waals surface area contributed by atoms with Gasteiger partial charge >= 0.3 is 5.97 Å². The molecule has 0 spiro atoms. The normalized spacial score (nSPS) is 24.3. The van der Waals surface area contributed by atoms with Crippen LogP contribution in [0.2, 0.25) is 0 Å². The zero-order chi connectivity index (χ0) is 24.9. The molecule has 0 aromatic heterocycles. The number of methoxy groups -OCH3 is 1. The van der Waals surface area contributed by atoms with Crippen LogP contribution >= 0.6 is 11.9 Å². The van der Waals surface area contributed by atoms with Crippen LogP contribution in [-0.2, 0) is 27.3 Å². The van der Waals surface area contributed by atoms with Crippen molar-refractivity contribution in [3.63, 3.8) is 0 Å². The highest BCUT2D eigenvalue weighted by Gasteiger charge is 2.60. The molecule has 4 atom stereocenters. The Morgan fingerprint density at radius 3 is 2.63 bits per heavy atom. The average Bonchev–Trinajstić information content (AvgIpc) is 3.36. The van der Waals surface area contributed by atoms with Crippen LogP contribution in [0.25, 0.3) is 11.1 Å². The standard InChI is InChI=1S/C27H30N2O5S/c1-15-21(24(27(33)34-3)29-23(15)22(16(2)31)26(29)32)14-28-13-20-12-19(17-7-5-4-6-8-17)11-18(9-10-30)25(20)35-28/h4-8,11-12,15-16,22-23,30-31H,9-10,13-14H2,1-3H3. The van der Waals surface area contributed by atoms with Gasteiger partial charge in [-0.1, -0.05) is 37.3 Å². The first-order valence-corrected chi connectivity index (χ1v) is 12.7. The molecule has 2 N–H and O–H groups in total. The van der Waals surface area contributed by atoms with E-state index in [1.165, 1.54) is 17.6 Å². The molecule has 2 aromatic carbocycles. The van der Waals surface area contributed by atoms with Crippen LogP contribution in [0, 0.1) is 11.8 Å². The number of carbonyl (C=O) groups excluding carboxylic acids is 2. The van der Waals surface area contributed by atoms with Crippen molar-refractivity contribution in [2.45, 2.75) is 43.9 Å². The van der Waals surface area contributed by atoms with Crippen molar-refractivity contribution >= 4 is 23.8 Å². The van der Waals surface area contributed by atoms with Crippen LogP contribution in [0.1, 0.15) is 25.0 Å². The third kappa shape index (κ3) is 3.98. The minimum atomic E-state index is -0.771. The van der Waals surface area contributed by atoms with Crippen LogP contribution in [0.5, 0.6) is 0 Å². The number of ether oxygens (including phenoxy) is 1. The van der Waals surface area contributed by atoms with E-state index in [0.717, 1.165) is 27.2 Å². The molecule has 7 nitrogen and oxygen atoms in total. The van der Waals surface area contributed by atoms with E-state index in [0.29, 0.717) is 25.2 Å². The predicted octanol–water partition coefficient (Wildman–Crippen LogP) is 3.00. The van der Waals surface area contributed by atoms with E-state index >= 15 is 0 Å². The molecule has 35 heavy (non-hydrogen) atoms. The monoisotopic (exact) mass is 494 g/mol. The van der Waals surface area contributed by atoms with Gasteiger partial charge in [-0.3, -0.25) is 4.79 Å². The molecular weight excluding hydrogens is 464 g/mol. The van der Waals surface area contributed by atoms with E-state index in [4.69, 9.17) is 4.74 Å². The first-order valence-electron chi connectivity index (χ1n) is 11.9. The van der Waals surface area contributed by atoms with Crippen LogP contribution in [-0.4, -0.2) is 63.7 Å². The summed E-state index contributed by atoms with van der Waals surface area (Å²) in [5, 5.41) is 19.8. The SMILES string of the molecule is COC(=O)C1=C(CN2Cc3cc(-c4ccccc4)cc(CCO)c3S2)C(C)C2C(C(C)O)C(=O)N12. The van der Waals surface area contributed by atoms with E-state index in [1.54, 1.807) is 18.9 Å². The first-order chi connectivity index (χ1) is 16.8. The van der Waals surface area contributed by atoms with E-state index < -0.39 is 18.0 Å². The van der Waals surface area contributed by atoms with Crippen LogP contribution in [0.15, 0.2) is 58.6 Å². The van der Waals surface area contributed by atoms with Crippen LogP contribution < -0.4 is 0 Å². The lowest BCUT2D eigenvalue weighted by molar-refractivity contribution is -0.163. The van der Waals surface area contributed by atoms with Gasteiger partial charge in [0.2, 0.25) is 5.91 Å². The van der Waals surface area contributed by atoms with Gasteiger partial charge in [0, 0.05) is 30.5 Å². The Labute approximate surface area is 209 Å². The fraction of sp³-hybridized carbons (Fsp3) is 0.407. The van der Waals surface area contributed by atoms with Gasteiger partial charge in [0.25, 0.3) is 0 Å². The molecular formula is C27H30N2O5S. The number of fused-ring (bicyclic) bond motifs is 2. The second-order valence-corrected chi connectivity index (χ2v) is 10.6. The molecule has 0 saturated carbocycles. The van der Waals surface area contributed by atoms with Gasteiger partial charge < -0.3 is 19.8 Å². The largest absolute Gasteiger partial charge is 0.464 e. The second-order valence-electron chi connectivity index (χ2n) is 9.47. The summed E-state index contributed by atoms with van der Waals surface area (Å²) in [6.45, 7) is 4.89. The molecule has 1 amide bonds. The van der Waals surface area contributed by atoms with Gasteiger partial charge in [-0.15, -0.1) is 0 Å². The molecule has 0 bridgehead atoms. The molecule has 184 valence electrons. The minimum Gasteiger partial charge on any atom is -0.464 e. The Balaban J connectivity index is 1.45. The van der Waals surface area contributed by atoms with Gasteiger partial charge in [-0.25, -0.2) is 9.10 Å². The van der Waals surface area contributed by atoms with Crippen molar-refractivity contribution < 1.29 is 24.5 Å². The number of aliphatic hydroxyl groups excluding tert-OH is 2. The number of carbonyl (C=O) groups is 2. The summed E-state index contributed by atoms with van der Waals surface area (Å²) >= 11 is 1.63. The summed E-state index contributed by atoms with van der Waals surface area (Å²) in [7, 11) is 1.33. The number of amides is 1. The molecule has 0 aliphatic carbocycles. The lowest BCUT2D eigenvalue weighted by Gasteiger charge is -2.46. The molecule has 0 radical (unpaired) electrons. The van der Waals surface area contributed by atoms with Gasteiger partial charge in [0.1, 0.15) is 5.70 Å². The Morgan fingerprint density at radius 2 is 1.97 bits per heavy atom. The van der Waals surface area contributed by atoms with E-state index in [9.17, 15) is 19.8 Å². The summed E-state index contributed by atoms with van der Waals surface area (Å²) in [6.07, 6.45) is -0.205. The third-order valence-corrected chi connectivity index (χ3v) is 8.56. The lowest BCUT2D eigenvalue weighted by Crippen LogP contribution is -2.63. The van der Waals surface area contributed by atoms with Crippen LogP contribution in [0.3, 0.4) is 0 Å². The highest BCUT2D eigenvalue weighted by molar-refractivity contribution is 7.97. The maximum Gasteiger partial charge on any atom is 0.354 e. The highest BCUT2D eigenvalue weighted by Crippen LogP contribution is 2.49. The van der Waals surface area contributed by atoms with Gasteiger partial charge in [-0.05, 0) is 65.3 Å². The summed E-state index contributed by atoms with van der Waals surface area (Å²) in [5.74, 6) is -1.30. The number of esters is 1. The number of hydrogen-bond donors (Lipinski definition) is 2. The summed E-state index contributed by atoms with van der Waals surface area (Å²) < 4.78 is 7.24. The van der Waals surface area contributed by atoms with Crippen molar-refractivity contribution in [2.24, 2.45) is 11.8 Å². The molecule has 5 rings (SSSR count). The number of aliphatic hydroxyl groups is 2. The average molecular weight is 495 g/mol. The smallest absolute Gasteiger partial charge is 0.354 e. The summed E-state index contributed by atoms with van der Waals surface area (Å²) in [5.41, 5.74) is 5.73. The molecule has 1 saturated heterocycles. The van der Waals surface area contributed by atoms with Gasteiger partial charge in [-0.2, -0.15) is 0 Å². The number of β-lactam (4-membered cyclic amide) rings is 1. The molecule has 3 heterocycles. The van der Waals surface area contributed by atoms with E-state index in [-0.39, 0.29) is 24.5 Å². The fourth-order valence-electron chi connectivity index (χ4n) is 5.66. The van der Waals surface area contributed by atoms with Gasteiger partial charge in [0.15, 0.2) is 0 Å². The Bertz CT molecular complexity index is 1200. The van der Waals surface area contributed by atoms with Crippen molar-refractivity contribution in [3.8, 4) is 11.1 Å². The lowest BCUT2D eigenvalue weighted by atomic mass is 9.78. The molecule has 3 aliphatic rings. The highest BCUT2D eigenvalue weighted by atomic mass is 32.2. The maximum absolute atomic E-state index is 12.8. The maximum atomic E-state index is 12.8. The zero-order valence-corrected chi connectivity index (χ0v) is 20.9. The van der Waals surface area contributed by atoms with Crippen molar-refractivity contribution in [2.75, 3.05) is 20.3 Å². The third-order valence-electron chi connectivity index (χ3n) is 7.34. The fourth-order valence-corrected chi connectivity index (χ4v) is 6.85. The quantitative estimate of drug-likeness (QED) is 0.347. The number of benzene rings is 2. The zero-order valence-electron chi connectivity index (χ0n) is 20.1. The molecule has 4 unspecified atom stereocenters. The van der Waals surface area contributed by atoms with E-state index in [1.807, 2.05) is 25.1 Å². The Hall–Kier alpha value is -2.65. The molecule has 8 heteroatoms. The summed E-state index contributed by atoms with van der Waals surface area (Å²) in [6, 6.07) is 14.3. The van der Waals surface area contributed by atoms with Crippen LogP contribution in [0.4, 0.5) is 0 Å². The first kappa shape index (κ1) is 24.1. The number of nitrogens with zero attached hydrogens (tertiary/aromatic N) is 2. The summed E-state index contributed by atoms with van der Waals surface area (Å²) in [4.78, 5) is 28.2. The second kappa shape index (κ2) is 9.43. The molecule has 3 aliphatic heterocycles. The van der Waals surface area contributed by atoms with Crippen molar-refractivity contribution in [1.29, 1.82) is 0 Å². The topological polar surface area (TPSA) is 90.3 Å². The minimum absolute atomic E-state index is 0.0671. The Kier molecular flexibility index (Phi) is 6.48. The predicted molar refractivity (Wildman–Crippen MR) is 133 cm³/mol. The number of hydrogen-bond acceptors (Lipinski definition) is 7.